The van der Waals surface area contributed by atoms with Crippen molar-refractivity contribution in [3.05, 3.63) is 40.5 Å². The van der Waals surface area contributed by atoms with Crippen molar-refractivity contribution < 1.29 is 52.8 Å². The summed E-state index contributed by atoms with van der Waals surface area (Å²) >= 11 is 13.8. The van der Waals surface area contributed by atoms with E-state index in [1.54, 1.807) is 46.1 Å². The summed E-state index contributed by atoms with van der Waals surface area (Å²) in [4.78, 5) is 85.8. The van der Waals surface area contributed by atoms with Crippen LogP contribution in [0.4, 0.5) is 11.5 Å². The number of likely N-dealkylation sites (N-methyl/N-ethyl adjacent to an activating group) is 1. The molecule has 3 aliphatic rings. The number of imidazole rings is 1. The molecule has 6 heterocycles. The van der Waals surface area contributed by atoms with Gasteiger partial charge in [0.2, 0.25) is 0 Å². The number of Topliss-reactive ketones (excluding diaryl/α,β-unsaturated/α-hetero) is 2. The van der Waals surface area contributed by atoms with Crippen LogP contribution in [0.1, 0.15) is 85.0 Å². The number of nitrogens with zero attached hydrogens (tertiary/aromatic N) is 5. The first-order valence-corrected chi connectivity index (χ1v) is 24.3. The molecule has 3 fully saturated rings. The van der Waals surface area contributed by atoms with E-state index in [2.05, 4.69) is 20.3 Å². The minimum absolute atomic E-state index is 0.0672. The lowest BCUT2D eigenvalue weighted by Gasteiger charge is -2.47. The highest BCUT2D eigenvalue weighted by Gasteiger charge is 2.61. The molecule has 3 saturated heterocycles. The number of aliphatic hydroxyl groups is 1. The molecule has 3 aliphatic heterocycles. The Bertz CT molecular complexity index is 2340. The Labute approximate surface area is 405 Å². The lowest BCUT2D eigenvalue weighted by atomic mass is 9.70. The molecule has 1 amide bonds. The van der Waals surface area contributed by atoms with Gasteiger partial charge >= 0.3 is 11.9 Å². The van der Waals surface area contributed by atoms with Crippen LogP contribution in [0.2, 0.25) is 10.0 Å². The predicted molar refractivity (Wildman–Crippen MR) is 253 cm³/mol. The number of fused-ring (bicyclic) bond motifs is 2. The summed E-state index contributed by atoms with van der Waals surface area (Å²) < 4.78 is 33.1. The van der Waals surface area contributed by atoms with Gasteiger partial charge in [-0.25, -0.2) is 9.97 Å². The standard InChI is InChI=1S/C46H63Cl2N7O11S/c1-12-30-46(8)31(38(43(61)66-46)67-14-13-55-20-52-33-34(55)26(17-51-40(33)49)41(59)53-32-27(47)18-50-19-28(32)48)23(4)35(56)21(2)16-45(7,62-11)39(24(5)36(57)25(6)42(60)64-30)65-44-37(58)29(54(9)10)15-22(3)63-44/h17-25,29-31,37-39,44,58H,12-16H2,1-11H3,(H2,49,51)(H,50,53,59)/t21-,22-,23-,24+,25-,29+,30-,31+,37-,38+,39-,44+,45-,46-/m1/s1. The highest BCUT2D eigenvalue weighted by Crippen LogP contribution is 2.49. The molecule has 14 atom stereocenters. The Morgan fingerprint density at radius 1 is 1.03 bits per heavy atom. The molecule has 6 rings (SSSR count). The van der Waals surface area contributed by atoms with E-state index >= 15 is 0 Å². The second-order valence-corrected chi connectivity index (χ2v) is 20.8. The SMILES string of the molecule is CC[C@H]1OC(=O)[C@H](C)C(=O)[C@H](C)[C@@H](O[C@@H]2O[C@H](C)C[C@H](N(C)C)[C@H]2O)[C@](C)(OC)C[C@@H](C)C(=O)[C@H](C)[C@H]2[C@H](SCCn3cnc4c(N)ncc(C(=O)Nc5c(Cl)cncc5Cl)c43)C(=O)O[C@@]21C. The molecule has 67 heavy (non-hydrogen) atoms. The van der Waals surface area contributed by atoms with Crippen molar-refractivity contribution in [2.45, 2.75) is 134 Å². The van der Waals surface area contributed by atoms with E-state index < -0.39 is 94.3 Å². The van der Waals surface area contributed by atoms with Crippen LogP contribution in [0.3, 0.4) is 0 Å². The zero-order chi connectivity index (χ0) is 49.4. The van der Waals surface area contributed by atoms with Crippen LogP contribution < -0.4 is 11.1 Å². The first-order valence-electron chi connectivity index (χ1n) is 22.5. The van der Waals surface area contributed by atoms with Gasteiger partial charge in [0.1, 0.15) is 34.7 Å². The number of ether oxygens (including phenoxy) is 5. The van der Waals surface area contributed by atoms with Gasteiger partial charge in [-0.05, 0) is 61.1 Å². The predicted octanol–water partition coefficient (Wildman–Crippen LogP) is 5.63. The molecule has 0 bridgehead atoms. The number of nitrogens with two attached hydrogens (primary N) is 1. The van der Waals surface area contributed by atoms with Gasteiger partial charge in [0, 0.05) is 67.7 Å². The average molecular weight is 993 g/mol. The van der Waals surface area contributed by atoms with Crippen molar-refractivity contribution in [1.82, 2.24) is 24.4 Å². The van der Waals surface area contributed by atoms with Crippen molar-refractivity contribution in [2.75, 3.05) is 38.0 Å². The molecule has 0 unspecified atom stereocenters. The Morgan fingerprint density at radius 3 is 2.33 bits per heavy atom. The van der Waals surface area contributed by atoms with Crippen molar-refractivity contribution in [2.24, 2.45) is 29.6 Å². The molecular weight excluding hydrogens is 930 g/mol. The molecule has 3 aromatic rings. The number of thioether (sulfide) groups is 1. The number of aliphatic hydroxyl groups excluding tert-OH is 1. The number of hydrogen-bond acceptors (Lipinski definition) is 17. The van der Waals surface area contributed by atoms with Gasteiger partial charge in [-0.15, -0.1) is 11.8 Å². The lowest BCUT2D eigenvalue weighted by Crippen LogP contribution is -2.59. The minimum Gasteiger partial charge on any atom is -0.458 e. The third-order valence-electron chi connectivity index (χ3n) is 13.9. The van der Waals surface area contributed by atoms with E-state index in [0.717, 1.165) is 0 Å². The Balaban J connectivity index is 1.32. The number of hydrogen-bond donors (Lipinski definition) is 3. The fourth-order valence-electron chi connectivity index (χ4n) is 10.2. The summed E-state index contributed by atoms with van der Waals surface area (Å²) in [7, 11) is 5.17. The first-order chi connectivity index (χ1) is 31.5. The maximum Gasteiger partial charge on any atom is 0.320 e. The topological polar surface area (TPSA) is 237 Å². The molecule has 4 N–H and O–H groups in total. The molecule has 18 nitrogen and oxygen atoms in total. The number of methoxy groups -OCH3 is 1. The number of aromatic nitrogens is 4. The zero-order valence-electron chi connectivity index (χ0n) is 39.8. The molecule has 0 aromatic carbocycles. The summed E-state index contributed by atoms with van der Waals surface area (Å²) in [6.45, 7) is 13.9. The number of aryl methyl sites for hydroxylation is 1. The molecule has 3 aromatic heterocycles. The molecule has 0 radical (unpaired) electrons. The quantitative estimate of drug-likeness (QED) is 0.156. The highest BCUT2D eigenvalue weighted by molar-refractivity contribution is 8.00. The molecule has 21 heteroatoms. The fraction of sp³-hybridized carbons (Fsp3) is 0.652. The van der Waals surface area contributed by atoms with E-state index in [4.69, 9.17) is 52.6 Å². The van der Waals surface area contributed by atoms with Gasteiger partial charge in [0.15, 0.2) is 23.5 Å². The van der Waals surface area contributed by atoms with Crippen LogP contribution in [0.15, 0.2) is 24.9 Å². The van der Waals surface area contributed by atoms with Gasteiger partial charge in [-0.2, -0.15) is 0 Å². The third kappa shape index (κ3) is 10.3. The van der Waals surface area contributed by atoms with Gasteiger partial charge in [0.05, 0.1) is 50.9 Å². The molecular formula is C46H63Cl2N7O11S. The second-order valence-electron chi connectivity index (χ2n) is 18.7. The summed E-state index contributed by atoms with van der Waals surface area (Å²) in [5.41, 5.74) is 4.32. The largest absolute Gasteiger partial charge is 0.458 e. The first kappa shape index (κ1) is 52.4. The number of cyclic esters (lactones) is 1. The minimum atomic E-state index is -1.49. The Hall–Kier alpha value is -3.95. The maximum atomic E-state index is 14.9. The highest BCUT2D eigenvalue weighted by atomic mass is 35.5. The smallest absolute Gasteiger partial charge is 0.320 e. The van der Waals surface area contributed by atoms with Crippen LogP contribution in [0, 0.1) is 29.6 Å². The normalized spacial score (nSPS) is 34.4. The number of ketones is 2. The molecule has 0 spiro atoms. The van der Waals surface area contributed by atoms with E-state index in [1.807, 2.05) is 25.9 Å². The number of carbonyl (C=O) groups is 5. The Kier molecular flexibility index (Phi) is 16.4. The maximum absolute atomic E-state index is 14.9. The van der Waals surface area contributed by atoms with Crippen LogP contribution in [-0.2, 0) is 49.4 Å². The van der Waals surface area contributed by atoms with Crippen molar-refractivity contribution in [1.29, 1.82) is 0 Å². The number of pyridine rings is 2. The van der Waals surface area contributed by atoms with Crippen LogP contribution >= 0.6 is 35.0 Å². The summed E-state index contributed by atoms with van der Waals surface area (Å²) in [5.74, 6) is -7.02. The van der Waals surface area contributed by atoms with Crippen LogP contribution in [-0.4, -0.2) is 139 Å². The van der Waals surface area contributed by atoms with Gasteiger partial charge < -0.3 is 49.3 Å². The van der Waals surface area contributed by atoms with Gasteiger partial charge in [-0.3, -0.25) is 29.0 Å². The second kappa shape index (κ2) is 21.0. The zero-order valence-corrected chi connectivity index (χ0v) is 42.1. The number of amides is 1. The third-order valence-corrected chi connectivity index (χ3v) is 15.8. The number of rotatable bonds is 11. The number of nitrogens with one attached hydrogen (secondary N) is 1. The van der Waals surface area contributed by atoms with Gasteiger partial charge in [-0.1, -0.05) is 50.9 Å². The Morgan fingerprint density at radius 2 is 1.70 bits per heavy atom. The summed E-state index contributed by atoms with van der Waals surface area (Å²) in [5, 5.41) is 13.6. The van der Waals surface area contributed by atoms with E-state index in [0.29, 0.717) is 11.9 Å². The van der Waals surface area contributed by atoms with Crippen molar-refractivity contribution in [3.8, 4) is 0 Å². The summed E-state index contributed by atoms with van der Waals surface area (Å²) in [6, 6.07) is -0.317. The number of anilines is 2. The number of esters is 2. The number of carbonyl (C=O) groups excluding carboxylic acids is 5. The van der Waals surface area contributed by atoms with Crippen molar-refractivity contribution >= 4 is 86.9 Å². The fourth-order valence-corrected chi connectivity index (χ4v) is 12.1. The van der Waals surface area contributed by atoms with Crippen LogP contribution in [0.5, 0.6) is 0 Å². The average Bonchev–Trinajstić information content (AvgIpc) is 3.82. The van der Waals surface area contributed by atoms with E-state index in [-0.39, 0.29) is 75.7 Å². The van der Waals surface area contributed by atoms with E-state index in [1.165, 1.54) is 50.7 Å². The number of nitrogen functional groups attached to an aromatic ring is 1. The number of halogens is 2. The molecule has 0 saturated carbocycles. The van der Waals surface area contributed by atoms with Crippen molar-refractivity contribution in [3.63, 3.8) is 0 Å². The molecule has 0 aliphatic carbocycles. The molecule has 368 valence electrons. The van der Waals surface area contributed by atoms with Crippen LogP contribution in [0.25, 0.3) is 11.0 Å². The summed E-state index contributed by atoms with van der Waals surface area (Å²) in [6.07, 6.45) is 1.64. The van der Waals surface area contributed by atoms with E-state index in [9.17, 15) is 29.1 Å². The lowest BCUT2D eigenvalue weighted by molar-refractivity contribution is -0.295. The monoisotopic (exact) mass is 991 g/mol. The van der Waals surface area contributed by atoms with Gasteiger partial charge in [0.25, 0.3) is 5.91 Å².